The summed E-state index contributed by atoms with van der Waals surface area (Å²) >= 11 is 0. The highest BCUT2D eigenvalue weighted by Crippen LogP contribution is 2.14. The van der Waals surface area contributed by atoms with Gasteiger partial charge in [0.05, 0.1) is 6.20 Å². The van der Waals surface area contributed by atoms with E-state index in [2.05, 4.69) is 10.3 Å². The van der Waals surface area contributed by atoms with Gasteiger partial charge in [-0.25, -0.2) is 4.79 Å². The molecule has 0 aromatic carbocycles. The van der Waals surface area contributed by atoms with E-state index >= 15 is 0 Å². The summed E-state index contributed by atoms with van der Waals surface area (Å²) in [6, 6.07) is 0.712. The van der Waals surface area contributed by atoms with Gasteiger partial charge in [-0.05, 0) is 25.6 Å². The van der Waals surface area contributed by atoms with Crippen LogP contribution in [0.4, 0.5) is 0 Å². The lowest BCUT2D eigenvalue weighted by atomic mass is 10.4. The van der Waals surface area contributed by atoms with Gasteiger partial charge in [-0.2, -0.15) is 0 Å². The fourth-order valence-corrected chi connectivity index (χ4v) is 2.99. The zero-order valence-electron chi connectivity index (χ0n) is 12.5. The standard InChI is InChI=1S/C12H18N4O5Si/c1-22(2,20)7-3-6-15-8-9(13-14-15)12(19)21-16-10(17)4-5-11(16)18/h8,20H,3-7H2,1-2H3. The lowest BCUT2D eigenvalue weighted by Crippen LogP contribution is -2.32. The predicted molar refractivity (Wildman–Crippen MR) is 75.6 cm³/mol. The maximum atomic E-state index is 11.8. The maximum absolute atomic E-state index is 11.8. The first-order valence-corrected chi connectivity index (χ1v) is 10.1. The molecule has 0 unspecified atom stereocenters. The van der Waals surface area contributed by atoms with Crippen LogP contribution in [0.3, 0.4) is 0 Å². The molecule has 2 heterocycles. The highest BCUT2D eigenvalue weighted by molar-refractivity contribution is 6.69. The monoisotopic (exact) mass is 326 g/mol. The molecule has 0 spiro atoms. The Labute approximate surface area is 127 Å². The Balaban J connectivity index is 1.89. The zero-order valence-corrected chi connectivity index (χ0v) is 13.5. The molecule has 1 fully saturated rings. The van der Waals surface area contributed by atoms with E-state index in [1.54, 1.807) is 0 Å². The quantitative estimate of drug-likeness (QED) is 0.582. The summed E-state index contributed by atoms with van der Waals surface area (Å²) in [6.45, 7) is 4.21. The number of hydrogen-bond acceptors (Lipinski definition) is 7. The molecule has 0 bridgehead atoms. The van der Waals surface area contributed by atoms with Gasteiger partial charge in [0.25, 0.3) is 11.8 Å². The third-order valence-corrected chi connectivity index (χ3v) is 4.68. The lowest BCUT2D eigenvalue weighted by Gasteiger charge is -2.12. The Bertz CT molecular complexity index is 579. The number of amides is 2. The summed E-state index contributed by atoms with van der Waals surface area (Å²) in [6.07, 6.45) is 2.19. The van der Waals surface area contributed by atoms with E-state index in [-0.39, 0.29) is 18.5 Å². The summed E-state index contributed by atoms with van der Waals surface area (Å²) in [5.74, 6) is -1.98. The number of hydroxylamine groups is 2. The molecule has 22 heavy (non-hydrogen) atoms. The molecular weight excluding hydrogens is 308 g/mol. The maximum Gasteiger partial charge on any atom is 0.385 e. The third kappa shape index (κ3) is 4.21. The fourth-order valence-electron chi connectivity index (χ4n) is 1.96. The van der Waals surface area contributed by atoms with Crippen LogP contribution in [-0.2, 0) is 21.0 Å². The number of aromatic nitrogens is 3. The summed E-state index contributed by atoms with van der Waals surface area (Å²) in [7, 11) is -2.10. The molecule has 2 rings (SSSR count). The average molecular weight is 326 g/mol. The largest absolute Gasteiger partial charge is 0.432 e. The fraction of sp³-hybridized carbons (Fsp3) is 0.583. The zero-order chi connectivity index (χ0) is 16.3. The molecule has 1 N–H and O–H groups in total. The molecule has 10 heteroatoms. The highest BCUT2D eigenvalue weighted by atomic mass is 28.4. The summed E-state index contributed by atoms with van der Waals surface area (Å²) in [4.78, 5) is 49.0. The number of carbonyl (C=O) groups excluding carboxylic acids is 3. The van der Waals surface area contributed by atoms with Crippen molar-refractivity contribution in [2.45, 2.75) is 44.9 Å². The Morgan fingerprint density at radius 1 is 1.36 bits per heavy atom. The number of imide groups is 1. The van der Waals surface area contributed by atoms with Gasteiger partial charge in [-0.15, -0.1) is 10.2 Å². The second kappa shape index (κ2) is 6.36. The van der Waals surface area contributed by atoms with E-state index in [0.29, 0.717) is 17.7 Å². The second-order valence-electron chi connectivity index (χ2n) is 5.74. The van der Waals surface area contributed by atoms with Crippen molar-refractivity contribution in [3.63, 3.8) is 0 Å². The van der Waals surface area contributed by atoms with Crippen LogP contribution in [0.2, 0.25) is 19.1 Å². The Morgan fingerprint density at radius 3 is 2.59 bits per heavy atom. The summed E-state index contributed by atoms with van der Waals surface area (Å²) < 4.78 is 1.46. The third-order valence-electron chi connectivity index (χ3n) is 3.10. The van der Waals surface area contributed by atoms with Crippen LogP contribution in [-0.4, -0.2) is 51.0 Å². The lowest BCUT2D eigenvalue weighted by molar-refractivity contribution is -0.172. The second-order valence-corrected chi connectivity index (χ2v) is 9.87. The van der Waals surface area contributed by atoms with Crippen LogP contribution < -0.4 is 0 Å². The van der Waals surface area contributed by atoms with Gasteiger partial charge < -0.3 is 9.63 Å². The van der Waals surface area contributed by atoms with Crippen LogP contribution in [0.1, 0.15) is 29.8 Å². The van der Waals surface area contributed by atoms with Crippen molar-refractivity contribution in [1.29, 1.82) is 0 Å². The van der Waals surface area contributed by atoms with Crippen LogP contribution in [0.15, 0.2) is 6.20 Å². The first-order valence-electron chi connectivity index (χ1n) is 6.97. The van der Waals surface area contributed by atoms with E-state index in [1.807, 2.05) is 13.1 Å². The van der Waals surface area contributed by atoms with E-state index in [4.69, 9.17) is 4.84 Å². The van der Waals surface area contributed by atoms with Gasteiger partial charge >= 0.3 is 5.97 Å². The molecule has 120 valence electrons. The molecular formula is C12H18N4O5Si. The van der Waals surface area contributed by atoms with E-state index in [9.17, 15) is 19.2 Å². The molecule has 1 aliphatic heterocycles. The van der Waals surface area contributed by atoms with Gasteiger partial charge in [0.1, 0.15) is 0 Å². The molecule has 1 aromatic rings. The van der Waals surface area contributed by atoms with Gasteiger partial charge in [0, 0.05) is 19.4 Å². The van der Waals surface area contributed by atoms with Gasteiger partial charge in [-0.3, -0.25) is 14.3 Å². The molecule has 0 aliphatic carbocycles. The molecule has 1 aliphatic rings. The minimum atomic E-state index is -2.10. The van der Waals surface area contributed by atoms with Crippen molar-refractivity contribution >= 4 is 26.1 Å². The van der Waals surface area contributed by atoms with Crippen LogP contribution in [0.5, 0.6) is 0 Å². The number of nitrogens with zero attached hydrogens (tertiary/aromatic N) is 4. The minimum Gasteiger partial charge on any atom is -0.432 e. The molecule has 1 aromatic heterocycles. The van der Waals surface area contributed by atoms with Crippen LogP contribution >= 0.6 is 0 Å². The molecule has 1 saturated heterocycles. The highest BCUT2D eigenvalue weighted by Gasteiger charge is 2.33. The first-order chi connectivity index (χ1) is 10.3. The summed E-state index contributed by atoms with van der Waals surface area (Å²) in [5.41, 5.74) is -0.0759. The van der Waals surface area contributed by atoms with Crippen molar-refractivity contribution < 1.29 is 24.0 Å². The Kier molecular flexibility index (Phi) is 4.71. The minimum absolute atomic E-state index is 0.0413. The van der Waals surface area contributed by atoms with Crippen molar-refractivity contribution in [1.82, 2.24) is 20.1 Å². The van der Waals surface area contributed by atoms with Crippen LogP contribution in [0.25, 0.3) is 0 Å². The molecule has 0 saturated carbocycles. The van der Waals surface area contributed by atoms with Crippen molar-refractivity contribution in [2.24, 2.45) is 0 Å². The van der Waals surface area contributed by atoms with E-state index in [1.165, 1.54) is 10.9 Å². The Hall–Kier alpha value is -2.07. The normalized spacial score (nSPS) is 15.5. The SMILES string of the molecule is C[Si](C)(O)CCCn1cc(C(=O)ON2C(=O)CCC2=O)nn1. The van der Waals surface area contributed by atoms with Gasteiger partial charge in [-0.1, -0.05) is 5.21 Å². The van der Waals surface area contributed by atoms with Crippen molar-refractivity contribution in [3.8, 4) is 0 Å². The Morgan fingerprint density at radius 2 is 2.00 bits per heavy atom. The van der Waals surface area contributed by atoms with Crippen LogP contribution in [0, 0.1) is 0 Å². The van der Waals surface area contributed by atoms with Crippen molar-refractivity contribution in [2.75, 3.05) is 0 Å². The first kappa shape index (κ1) is 16.3. The topological polar surface area (TPSA) is 115 Å². The smallest absolute Gasteiger partial charge is 0.385 e. The van der Waals surface area contributed by atoms with Gasteiger partial charge in [0.15, 0.2) is 14.0 Å². The molecule has 0 atom stereocenters. The predicted octanol–water partition coefficient (Wildman–Crippen LogP) is 0.0864. The van der Waals surface area contributed by atoms with Gasteiger partial charge in [0.2, 0.25) is 0 Å². The number of aryl methyl sites for hydroxylation is 1. The molecule has 2 amide bonds. The summed E-state index contributed by atoms with van der Waals surface area (Å²) in [5, 5.41) is 7.92. The van der Waals surface area contributed by atoms with E-state index in [0.717, 1.165) is 6.42 Å². The van der Waals surface area contributed by atoms with E-state index < -0.39 is 26.1 Å². The number of rotatable bonds is 6. The molecule has 9 nitrogen and oxygen atoms in total. The average Bonchev–Trinajstić information content (AvgIpc) is 2.99. The van der Waals surface area contributed by atoms with Crippen molar-refractivity contribution in [3.05, 3.63) is 11.9 Å². The number of carbonyl (C=O) groups is 3. The number of hydrogen-bond donors (Lipinski definition) is 1. The molecule has 0 radical (unpaired) electrons.